The molecular weight excluding hydrogens is 360 g/mol. The van der Waals surface area contributed by atoms with E-state index in [9.17, 15) is 4.79 Å². The molecule has 4 nitrogen and oxygen atoms in total. The van der Waals surface area contributed by atoms with Gasteiger partial charge in [-0.05, 0) is 54.4 Å². The van der Waals surface area contributed by atoms with Gasteiger partial charge in [0.05, 0.1) is 5.02 Å². The highest BCUT2D eigenvalue weighted by Gasteiger charge is 2.07. The Hall–Kier alpha value is -2.98. The van der Waals surface area contributed by atoms with Crippen molar-refractivity contribution in [2.75, 3.05) is 17.2 Å². The van der Waals surface area contributed by atoms with Crippen molar-refractivity contribution in [1.82, 2.24) is 0 Å². The van der Waals surface area contributed by atoms with Crippen molar-refractivity contribution in [2.24, 2.45) is 0 Å². The molecule has 0 saturated heterocycles. The smallest absolute Gasteiger partial charge is 0.262 e. The minimum absolute atomic E-state index is 0.102. The number of para-hydroxylation sites is 1. The van der Waals surface area contributed by atoms with Gasteiger partial charge < -0.3 is 15.4 Å². The summed E-state index contributed by atoms with van der Waals surface area (Å²) < 4.78 is 5.54. The second kappa shape index (κ2) is 9.10. The third-order valence-electron chi connectivity index (χ3n) is 3.93. The normalized spacial score (nSPS) is 10.3. The van der Waals surface area contributed by atoms with Crippen molar-refractivity contribution in [1.29, 1.82) is 0 Å². The number of aryl methyl sites for hydroxylation is 1. The van der Waals surface area contributed by atoms with E-state index in [1.165, 1.54) is 5.56 Å². The second-order valence-electron chi connectivity index (χ2n) is 6.19. The number of hydrogen-bond donors (Lipinski definition) is 2. The fraction of sp³-hybridized carbons (Fsp3) is 0.136. The van der Waals surface area contributed by atoms with Crippen molar-refractivity contribution in [3.63, 3.8) is 0 Å². The number of halogens is 1. The summed E-state index contributed by atoms with van der Waals surface area (Å²) in [5, 5.41) is 6.61. The van der Waals surface area contributed by atoms with Crippen LogP contribution in [0, 0.1) is 6.92 Å². The lowest BCUT2D eigenvalue weighted by atomic mass is 10.2. The van der Waals surface area contributed by atoms with Gasteiger partial charge in [0.2, 0.25) is 0 Å². The summed E-state index contributed by atoms with van der Waals surface area (Å²) >= 11 is 6.30. The molecule has 0 atom stereocenters. The van der Waals surface area contributed by atoms with E-state index < -0.39 is 0 Å². The summed E-state index contributed by atoms with van der Waals surface area (Å²) in [6.45, 7) is 2.61. The number of benzene rings is 3. The van der Waals surface area contributed by atoms with E-state index in [2.05, 4.69) is 29.7 Å². The summed E-state index contributed by atoms with van der Waals surface area (Å²) in [7, 11) is 0. The third-order valence-corrected chi connectivity index (χ3v) is 4.22. The summed E-state index contributed by atoms with van der Waals surface area (Å²) in [6.07, 6.45) is 0. The third kappa shape index (κ3) is 5.76. The number of nitrogens with one attached hydrogen (secondary N) is 2. The van der Waals surface area contributed by atoms with Gasteiger partial charge in [-0.1, -0.05) is 48.0 Å². The van der Waals surface area contributed by atoms with Crippen LogP contribution in [0.5, 0.6) is 5.75 Å². The fourth-order valence-electron chi connectivity index (χ4n) is 2.59. The topological polar surface area (TPSA) is 50.4 Å². The zero-order valence-electron chi connectivity index (χ0n) is 15.0. The highest BCUT2D eigenvalue weighted by molar-refractivity contribution is 6.32. The molecule has 3 rings (SSSR count). The number of carbonyl (C=O) groups is 1. The Morgan fingerprint density at radius 2 is 1.74 bits per heavy atom. The predicted octanol–water partition coefficient (Wildman–Crippen LogP) is 5.28. The number of rotatable bonds is 7. The van der Waals surface area contributed by atoms with E-state index in [0.29, 0.717) is 17.3 Å². The number of amides is 1. The van der Waals surface area contributed by atoms with E-state index in [1.54, 1.807) is 6.07 Å². The SMILES string of the molecule is Cc1cccc(NCc2ccc(OCC(=O)Nc3ccccc3)c(Cl)c2)c1. The van der Waals surface area contributed by atoms with Gasteiger partial charge in [-0.15, -0.1) is 0 Å². The average molecular weight is 381 g/mol. The fourth-order valence-corrected chi connectivity index (χ4v) is 2.85. The molecular formula is C22H21ClN2O2. The first-order chi connectivity index (χ1) is 13.1. The lowest BCUT2D eigenvalue weighted by molar-refractivity contribution is -0.118. The molecule has 3 aromatic rings. The summed E-state index contributed by atoms with van der Waals surface area (Å²) in [6, 6.07) is 23.0. The van der Waals surface area contributed by atoms with Gasteiger partial charge in [-0.25, -0.2) is 0 Å². The molecule has 0 saturated carbocycles. The van der Waals surface area contributed by atoms with E-state index in [0.717, 1.165) is 16.9 Å². The molecule has 27 heavy (non-hydrogen) atoms. The van der Waals surface area contributed by atoms with Crippen LogP contribution in [-0.4, -0.2) is 12.5 Å². The largest absolute Gasteiger partial charge is 0.482 e. The lowest BCUT2D eigenvalue weighted by Crippen LogP contribution is -2.20. The Labute approximate surface area is 164 Å². The van der Waals surface area contributed by atoms with Crippen LogP contribution in [0.4, 0.5) is 11.4 Å². The van der Waals surface area contributed by atoms with Gasteiger partial charge in [-0.3, -0.25) is 4.79 Å². The standard InChI is InChI=1S/C22H21ClN2O2/c1-16-6-5-9-19(12-16)24-14-17-10-11-21(20(23)13-17)27-15-22(26)25-18-7-3-2-4-8-18/h2-13,24H,14-15H2,1H3,(H,25,26). The Morgan fingerprint density at radius 1 is 0.963 bits per heavy atom. The molecule has 0 heterocycles. The molecule has 0 aliphatic heterocycles. The lowest BCUT2D eigenvalue weighted by Gasteiger charge is -2.11. The molecule has 1 amide bonds. The molecule has 2 N–H and O–H groups in total. The summed E-state index contributed by atoms with van der Waals surface area (Å²) in [5.74, 6) is 0.252. The van der Waals surface area contributed by atoms with Gasteiger partial charge >= 0.3 is 0 Å². The van der Waals surface area contributed by atoms with Crippen molar-refractivity contribution < 1.29 is 9.53 Å². The first kappa shape index (κ1) is 18.8. The van der Waals surface area contributed by atoms with Gasteiger partial charge in [0.15, 0.2) is 6.61 Å². The summed E-state index contributed by atoms with van der Waals surface area (Å²) in [4.78, 5) is 12.0. The van der Waals surface area contributed by atoms with Crippen LogP contribution in [0.25, 0.3) is 0 Å². The van der Waals surface area contributed by atoms with Crippen molar-refractivity contribution in [3.05, 3.63) is 88.9 Å². The molecule has 0 aliphatic carbocycles. The molecule has 0 bridgehead atoms. The van der Waals surface area contributed by atoms with Crippen molar-refractivity contribution >= 4 is 28.9 Å². The van der Waals surface area contributed by atoms with E-state index in [1.807, 2.05) is 54.6 Å². The molecule has 138 valence electrons. The van der Waals surface area contributed by atoms with Crippen molar-refractivity contribution in [2.45, 2.75) is 13.5 Å². The van der Waals surface area contributed by atoms with Crippen LogP contribution in [0.15, 0.2) is 72.8 Å². The first-order valence-electron chi connectivity index (χ1n) is 8.67. The van der Waals surface area contributed by atoms with E-state index >= 15 is 0 Å². The highest BCUT2D eigenvalue weighted by atomic mass is 35.5. The molecule has 0 unspecified atom stereocenters. The van der Waals surface area contributed by atoms with Crippen LogP contribution < -0.4 is 15.4 Å². The maximum atomic E-state index is 12.0. The maximum absolute atomic E-state index is 12.0. The average Bonchev–Trinajstić information content (AvgIpc) is 2.66. The Balaban J connectivity index is 1.52. The first-order valence-corrected chi connectivity index (χ1v) is 9.04. The molecule has 0 aromatic heterocycles. The zero-order chi connectivity index (χ0) is 19.1. The van der Waals surface area contributed by atoms with E-state index in [-0.39, 0.29) is 12.5 Å². The van der Waals surface area contributed by atoms with Crippen LogP contribution in [-0.2, 0) is 11.3 Å². The Kier molecular flexibility index (Phi) is 6.34. The minimum Gasteiger partial charge on any atom is -0.482 e. The van der Waals surface area contributed by atoms with Crippen LogP contribution in [0.1, 0.15) is 11.1 Å². The quantitative estimate of drug-likeness (QED) is 0.586. The molecule has 5 heteroatoms. The second-order valence-corrected chi connectivity index (χ2v) is 6.60. The zero-order valence-corrected chi connectivity index (χ0v) is 15.8. The number of anilines is 2. The van der Waals surface area contributed by atoms with Crippen LogP contribution in [0.3, 0.4) is 0 Å². The van der Waals surface area contributed by atoms with Gasteiger partial charge in [0.25, 0.3) is 5.91 Å². The molecule has 3 aromatic carbocycles. The van der Waals surface area contributed by atoms with Crippen molar-refractivity contribution in [3.8, 4) is 5.75 Å². The number of hydrogen-bond acceptors (Lipinski definition) is 3. The molecule has 0 radical (unpaired) electrons. The van der Waals surface area contributed by atoms with Crippen LogP contribution >= 0.6 is 11.6 Å². The van der Waals surface area contributed by atoms with E-state index in [4.69, 9.17) is 16.3 Å². The Bertz CT molecular complexity index is 913. The minimum atomic E-state index is -0.234. The monoisotopic (exact) mass is 380 g/mol. The van der Waals surface area contributed by atoms with Crippen LogP contribution in [0.2, 0.25) is 5.02 Å². The van der Waals surface area contributed by atoms with Gasteiger partial charge in [0, 0.05) is 17.9 Å². The molecule has 0 aliphatic rings. The Morgan fingerprint density at radius 3 is 2.48 bits per heavy atom. The number of carbonyl (C=O) groups excluding carboxylic acids is 1. The molecule has 0 fully saturated rings. The number of ether oxygens (including phenoxy) is 1. The highest BCUT2D eigenvalue weighted by Crippen LogP contribution is 2.26. The van der Waals surface area contributed by atoms with Gasteiger partial charge in [0.1, 0.15) is 5.75 Å². The molecule has 0 spiro atoms. The maximum Gasteiger partial charge on any atom is 0.262 e. The van der Waals surface area contributed by atoms with Gasteiger partial charge in [-0.2, -0.15) is 0 Å². The summed E-state index contributed by atoms with van der Waals surface area (Å²) in [5.41, 5.74) is 4.02. The predicted molar refractivity (Wildman–Crippen MR) is 111 cm³/mol.